The van der Waals surface area contributed by atoms with E-state index >= 15 is 0 Å². The Morgan fingerprint density at radius 3 is 2.17 bits per heavy atom. The first-order valence-corrected chi connectivity index (χ1v) is 7.42. The van der Waals surface area contributed by atoms with Crippen LogP contribution >= 0.6 is 0 Å². The van der Waals surface area contributed by atoms with Gasteiger partial charge in [0, 0.05) is 24.0 Å². The summed E-state index contributed by atoms with van der Waals surface area (Å²) in [6.45, 7) is 4.27. The number of amides is 2. The Morgan fingerprint density at radius 2 is 1.57 bits per heavy atom. The molecule has 2 aromatic rings. The quantitative estimate of drug-likeness (QED) is 0.795. The molecule has 5 heteroatoms. The van der Waals surface area contributed by atoms with Gasteiger partial charge < -0.3 is 16.0 Å². The molecule has 0 aromatic heterocycles. The number of benzene rings is 2. The predicted octanol–water partition coefficient (Wildman–Crippen LogP) is 2.71. The average molecular weight is 311 g/mol. The molecule has 120 valence electrons. The lowest BCUT2D eigenvalue weighted by Crippen LogP contribution is -2.22. The van der Waals surface area contributed by atoms with E-state index in [-0.39, 0.29) is 18.4 Å². The third-order valence-electron chi connectivity index (χ3n) is 3.62. The molecule has 0 saturated heterocycles. The molecule has 0 aliphatic carbocycles. The number of anilines is 2. The van der Waals surface area contributed by atoms with E-state index < -0.39 is 0 Å². The lowest BCUT2D eigenvalue weighted by atomic mass is 10.1. The van der Waals surface area contributed by atoms with E-state index in [2.05, 4.69) is 16.0 Å². The van der Waals surface area contributed by atoms with Gasteiger partial charge in [-0.15, -0.1) is 0 Å². The second-order valence-corrected chi connectivity index (χ2v) is 5.36. The van der Waals surface area contributed by atoms with Gasteiger partial charge in [-0.05, 0) is 61.4 Å². The van der Waals surface area contributed by atoms with Gasteiger partial charge in [-0.2, -0.15) is 0 Å². The minimum atomic E-state index is -0.153. The molecule has 0 heterocycles. The van der Waals surface area contributed by atoms with Crippen molar-refractivity contribution >= 4 is 23.2 Å². The number of aryl methyl sites for hydroxylation is 2. The molecule has 0 aliphatic heterocycles. The zero-order valence-corrected chi connectivity index (χ0v) is 13.6. The number of hydrogen-bond acceptors (Lipinski definition) is 3. The zero-order chi connectivity index (χ0) is 16.8. The molecule has 0 radical (unpaired) electrons. The van der Waals surface area contributed by atoms with Crippen molar-refractivity contribution < 1.29 is 9.59 Å². The van der Waals surface area contributed by atoms with Crippen molar-refractivity contribution in [1.82, 2.24) is 5.32 Å². The van der Waals surface area contributed by atoms with Crippen LogP contribution in [0, 0.1) is 13.8 Å². The van der Waals surface area contributed by atoms with Gasteiger partial charge in [0.1, 0.15) is 0 Å². The summed E-state index contributed by atoms with van der Waals surface area (Å²) in [7, 11) is 1.58. The molecule has 5 nitrogen and oxygen atoms in total. The first-order chi connectivity index (χ1) is 11.0. The standard InChI is InChI=1S/C18H21N3O2/c1-12-4-7-16(10-13(12)2)20-11-17(22)21-15-8-5-14(6-9-15)18(23)19-3/h4-10,20H,11H2,1-3H3,(H,19,23)(H,21,22). The largest absolute Gasteiger partial charge is 0.376 e. The molecule has 3 N–H and O–H groups in total. The number of carbonyl (C=O) groups excluding carboxylic acids is 2. The van der Waals surface area contributed by atoms with Crippen molar-refractivity contribution in [3.63, 3.8) is 0 Å². The van der Waals surface area contributed by atoms with E-state index in [9.17, 15) is 9.59 Å². The minimum Gasteiger partial charge on any atom is -0.376 e. The van der Waals surface area contributed by atoms with Gasteiger partial charge in [-0.1, -0.05) is 6.07 Å². The van der Waals surface area contributed by atoms with Gasteiger partial charge in [0.2, 0.25) is 5.91 Å². The predicted molar refractivity (Wildman–Crippen MR) is 92.9 cm³/mol. The summed E-state index contributed by atoms with van der Waals surface area (Å²) < 4.78 is 0. The van der Waals surface area contributed by atoms with Crippen LogP contribution in [-0.2, 0) is 4.79 Å². The van der Waals surface area contributed by atoms with E-state index in [1.807, 2.05) is 32.0 Å². The van der Waals surface area contributed by atoms with E-state index in [1.165, 1.54) is 11.1 Å². The normalized spacial score (nSPS) is 10.0. The Morgan fingerprint density at radius 1 is 0.913 bits per heavy atom. The number of nitrogens with one attached hydrogen (secondary N) is 3. The van der Waals surface area contributed by atoms with Crippen LogP contribution in [0.1, 0.15) is 21.5 Å². The maximum absolute atomic E-state index is 12.0. The minimum absolute atomic E-state index is 0.143. The third kappa shape index (κ3) is 4.57. The van der Waals surface area contributed by atoms with Crippen LogP contribution in [-0.4, -0.2) is 25.4 Å². The van der Waals surface area contributed by atoms with Crippen LogP contribution in [0.25, 0.3) is 0 Å². The summed E-state index contributed by atoms with van der Waals surface area (Å²) in [5.74, 6) is -0.296. The third-order valence-corrected chi connectivity index (χ3v) is 3.62. The Bertz CT molecular complexity index is 709. The van der Waals surface area contributed by atoms with Crippen molar-refractivity contribution in [1.29, 1.82) is 0 Å². The monoisotopic (exact) mass is 311 g/mol. The lowest BCUT2D eigenvalue weighted by molar-refractivity contribution is -0.114. The Labute approximate surface area is 136 Å². The zero-order valence-electron chi connectivity index (χ0n) is 13.6. The Hall–Kier alpha value is -2.82. The highest BCUT2D eigenvalue weighted by molar-refractivity contribution is 5.96. The van der Waals surface area contributed by atoms with Gasteiger partial charge in [0.25, 0.3) is 5.91 Å². The molecule has 0 aliphatic rings. The molecule has 0 unspecified atom stereocenters. The van der Waals surface area contributed by atoms with Crippen molar-refractivity contribution in [2.75, 3.05) is 24.2 Å². The molecule has 0 bridgehead atoms. The first-order valence-electron chi connectivity index (χ1n) is 7.42. The van der Waals surface area contributed by atoms with E-state index in [0.29, 0.717) is 11.3 Å². The van der Waals surface area contributed by atoms with Gasteiger partial charge in [0.05, 0.1) is 6.54 Å². The van der Waals surface area contributed by atoms with Crippen LogP contribution in [0.4, 0.5) is 11.4 Å². The van der Waals surface area contributed by atoms with Crippen LogP contribution in [0.5, 0.6) is 0 Å². The van der Waals surface area contributed by atoms with Gasteiger partial charge in [-0.3, -0.25) is 9.59 Å². The van der Waals surface area contributed by atoms with Crippen molar-refractivity contribution in [3.8, 4) is 0 Å². The molecule has 0 atom stereocenters. The fraction of sp³-hybridized carbons (Fsp3) is 0.222. The fourth-order valence-corrected chi connectivity index (χ4v) is 2.09. The van der Waals surface area contributed by atoms with E-state index in [4.69, 9.17) is 0 Å². The lowest BCUT2D eigenvalue weighted by Gasteiger charge is -2.10. The molecule has 2 aromatic carbocycles. The first kappa shape index (κ1) is 16.5. The summed E-state index contributed by atoms with van der Waals surface area (Å²) in [5.41, 5.74) is 4.53. The van der Waals surface area contributed by atoms with Crippen LogP contribution < -0.4 is 16.0 Å². The van der Waals surface area contributed by atoms with E-state index in [1.54, 1.807) is 31.3 Å². The highest BCUT2D eigenvalue weighted by Gasteiger charge is 2.05. The second-order valence-electron chi connectivity index (χ2n) is 5.36. The maximum atomic E-state index is 12.0. The van der Waals surface area contributed by atoms with Crippen LogP contribution in [0.2, 0.25) is 0 Å². The number of rotatable bonds is 5. The van der Waals surface area contributed by atoms with Gasteiger partial charge in [0.15, 0.2) is 0 Å². The summed E-state index contributed by atoms with van der Waals surface area (Å²) >= 11 is 0. The number of hydrogen-bond donors (Lipinski definition) is 3. The SMILES string of the molecule is CNC(=O)c1ccc(NC(=O)CNc2ccc(C)c(C)c2)cc1. The molecule has 2 rings (SSSR count). The van der Waals surface area contributed by atoms with E-state index in [0.717, 1.165) is 5.69 Å². The number of carbonyl (C=O) groups is 2. The maximum Gasteiger partial charge on any atom is 0.251 e. The highest BCUT2D eigenvalue weighted by Crippen LogP contribution is 2.14. The van der Waals surface area contributed by atoms with Crippen LogP contribution in [0.15, 0.2) is 42.5 Å². The summed E-state index contributed by atoms with van der Waals surface area (Å²) in [6.07, 6.45) is 0. The average Bonchev–Trinajstić information content (AvgIpc) is 2.56. The summed E-state index contributed by atoms with van der Waals surface area (Å²) in [4.78, 5) is 23.4. The topological polar surface area (TPSA) is 70.2 Å². The fourth-order valence-electron chi connectivity index (χ4n) is 2.09. The van der Waals surface area contributed by atoms with Gasteiger partial charge >= 0.3 is 0 Å². The van der Waals surface area contributed by atoms with Crippen LogP contribution in [0.3, 0.4) is 0 Å². The Kier molecular flexibility index (Phi) is 5.36. The van der Waals surface area contributed by atoms with Crippen molar-refractivity contribution in [2.45, 2.75) is 13.8 Å². The smallest absolute Gasteiger partial charge is 0.251 e. The Balaban J connectivity index is 1.89. The molecule has 23 heavy (non-hydrogen) atoms. The van der Waals surface area contributed by atoms with Crippen molar-refractivity contribution in [2.24, 2.45) is 0 Å². The summed E-state index contributed by atoms with van der Waals surface area (Å²) in [6, 6.07) is 12.7. The molecule has 0 saturated carbocycles. The molecular formula is C18H21N3O2. The second kappa shape index (κ2) is 7.45. The highest BCUT2D eigenvalue weighted by atomic mass is 16.2. The summed E-state index contributed by atoms with van der Waals surface area (Å²) in [5, 5.41) is 8.44. The van der Waals surface area contributed by atoms with Crippen molar-refractivity contribution in [3.05, 3.63) is 59.2 Å². The molecule has 2 amide bonds. The molecular weight excluding hydrogens is 290 g/mol. The van der Waals surface area contributed by atoms with Gasteiger partial charge in [-0.25, -0.2) is 0 Å². The molecule has 0 spiro atoms. The molecule has 0 fully saturated rings.